The Kier molecular flexibility index (Phi) is 2.01. The van der Waals surface area contributed by atoms with Crippen LogP contribution in [0.1, 0.15) is 18.7 Å². The van der Waals surface area contributed by atoms with Gasteiger partial charge >= 0.3 is 5.97 Å². The first kappa shape index (κ1) is 10.0. The first-order valence-corrected chi connectivity index (χ1v) is 5.42. The second-order valence-corrected chi connectivity index (χ2v) is 4.25. The van der Waals surface area contributed by atoms with Gasteiger partial charge in [-0.15, -0.1) is 0 Å². The van der Waals surface area contributed by atoms with Crippen LogP contribution in [0.25, 0.3) is 11.3 Å². The molecular weight excluding hydrogens is 218 g/mol. The standard InChI is InChI=1S/C12H11N3O2/c16-11(17)12(3-4-12)10-14-6-2-9(15-10)8-1-5-13-7-8/h1-2,5-7,13H,3-4H2,(H,16,17). The van der Waals surface area contributed by atoms with Crippen LogP contribution in [0.4, 0.5) is 0 Å². The summed E-state index contributed by atoms with van der Waals surface area (Å²) in [5.41, 5.74) is 0.852. The molecule has 0 atom stereocenters. The van der Waals surface area contributed by atoms with Gasteiger partial charge in [-0.05, 0) is 25.0 Å². The zero-order chi connectivity index (χ0) is 11.9. The number of nitrogens with zero attached hydrogens (tertiary/aromatic N) is 2. The number of hydrogen-bond donors (Lipinski definition) is 2. The molecule has 1 fully saturated rings. The largest absolute Gasteiger partial charge is 0.480 e. The molecule has 17 heavy (non-hydrogen) atoms. The lowest BCUT2D eigenvalue weighted by Gasteiger charge is -2.08. The lowest BCUT2D eigenvalue weighted by atomic mass is 10.1. The molecule has 2 aromatic heterocycles. The van der Waals surface area contributed by atoms with Gasteiger partial charge in [0.25, 0.3) is 0 Å². The number of H-pyrrole nitrogens is 1. The van der Waals surface area contributed by atoms with Gasteiger partial charge in [0, 0.05) is 24.2 Å². The van der Waals surface area contributed by atoms with Crippen molar-refractivity contribution in [3.05, 3.63) is 36.5 Å². The Hall–Kier alpha value is -2.17. The molecule has 1 saturated carbocycles. The van der Waals surface area contributed by atoms with E-state index in [2.05, 4.69) is 15.0 Å². The Labute approximate surface area is 97.5 Å². The molecule has 0 radical (unpaired) electrons. The number of aromatic nitrogens is 3. The van der Waals surface area contributed by atoms with E-state index >= 15 is 0 Å². The summed E-state index contributed by atoms with van der Waals surface area (Å²) in [5, 5.41) is 9.19. The molecule has 3 rings (SSSR count). The van der Waals surface area contributed by atoms with Crippen LogP contribution in [0.15, 0.2) is 30.7 Å². The maximum atomic E-state index is 11.2. The molecule has 0 aromatic carbocycles. The fraction of sp³-hybridized carbons (Fsp3) is 0.250. The number of hydrogen-bond acceptors (Lipinski definition) is 3. The average Bonchev–Trinajstić information content (AvgIpc) is 2.98. The predicted octanol–water partition coefficient (Wildman–Crippen LogP) is 1.59. The third kappa shape index (κ3) is 1.51. The molecule has 0 saturated heterocycles. The molecule has 0 amide bonds. The number of aromatic amines is 1. The Bertz CT molecular complexity index is 559. The van der Waals surface area contributed by atoms with Crippen molar-refractivity contribution in [3.63, 3.8) is 0 Å². The van der Waals surface area contributed by atoms with Crippen molar-refractivity contribution in [1.82, 2.24) is 15.0 Å². The van der Waals surface area contributed by atoms with Gasteiger partial charge in [-0.3, -0.25) is 4.79 Å². The van der Waals surface area contributed by atoms with E-state index in [-0.39, 0.29) is 0 Å². The van der Waals surface area contributed by atoms with E-state index in [1.54, 1.807) is 18.5 Å². The molecule has 5 nitrogen and oxygen atoms in total. The lowest BCUT2D eigenvalue weighted by Crippen LogP contribution is -2.22. The molecule has 0 spiro atoms. The molecule has 1 aliphatic rings. The Morgan fingerprint density at radius 1 is 1.41 bits per heavy atom. The van der Waals surface area contributed by atoms with Crippen LogP contribution in [-0.4, -0.2) is 26.0 Å². The zero-order valence-electron chi connectivity index (χ0n) is 9.05. The number of rotatable bonds is 3. The van der Waals surface area contributed by atoms with E-state index in [0.717, 1.165) is 11.3 Å². The quantitative estimate of drug-likeness (QED) is 0.837. The highest BCUT2D eigenvalue weighted by Crippen LogP contribution is 2.46. The van der Waals surface area contributed by atoms with Gasteiger partial charge in [-0.25, -0.2) is 9.97 Å². The number of carboxylic acid groups (broad SMARTS) is 1. The average molecular weight is 229 g/mol. The van der Waals surface area contributed by atoms with Crippen LogP contribution in [-0.2, 0) is 10.2 Å². The normalized spacial score (nSPS) is 16.7. The summed E-state index contributed by atoms with van der Waals surface area (Å²) in [7, 11) is 0. The predicted molar refractivity (Wildman–Crippen MR) is 60.4 cm³/mol. The molecule has 0 unspecified atom stereocenters. The van der Waals surface area contributed by atoms with Crippen molar-refractivity contribution in [1.29, 1.82) is 0 Å². The number of nitrogens with one attached hydrogen (secondary N) is 1. The maximum absolute atomic E-state index is 11.2. The Balaban J connectivity index is 2.04. The number of aliphatic carboxylic acids is 1. The SMILES string of the molecule is O=C(O)C1(c2nccc(-c3cc[nH]c3)n2)CC1. The highest BCUT2D eigenvalue weighted by atomic mass is 16.4. The van der Waals surface area contributed by atoms with E-state index < -0.39 is 11.4 Å². The van der Waals surface area contributed by atoms with Crippen molar-refractivity contribution >= 4 is 5.97 Å². The molecule has 0 bridgehead atoms. The van der Waals surface area contributed by atoms with Crippen molar-refractivity contribution in [3.8, 4) is 11.3 Å². The first-order chi connectivity index (χ1) is 8.22. The van der Waals surface area contributed by atoms with E-state index in [0.29, 0.717) is 18.7 Å². The van der Waals surface area contributed by atoms with E-state index in [4.69, 9.17) is 0 Å². The minimum Gasteiger partial charge on any atom is -0.480 e. The van der Waals surface area contributed by atoms with Crippen molar-refractivity contribution in [2.24, 2.45) is 0 Å². The molecule has 2 heterocycles. The fourth-order valence-corrected chi connectivity index (χ4v) is 1.89. The summed E-state index contributed by atoms with van der Waals surface area (Å²) in [5.74, 6) is -0.410. The highest BCUT2D eigenvalue weighted by Gasteiger charge is 2.54. The molecule has 1 aliphatic carbocycles. The summed E-state index contributed by atoms with van der Waals surface area (Å²) >= 11 is 0. The van der Waals surface area contributed by atoms with E-state index in [1.807, 2.05) is 12.3 Å². The third-order valence-electron chi connectivity index (χ3n) is 3.14. The Morgan fingerprint density at radius 2 is 2.24 bits per heavy atom. The van der Waals surface area contributed by atoms with Crippen molar-refractivity contribution in [2.45, 2.75) is 18.3 Å². The minimum absolute atomic E-state index is 0.420. The van der Waals surface area contributed by atoms with Gasteiger partial charge < -0.3 is 10.1 Å². The maximum Gasteiger partial charge on any atom is 0.317 e. The van der Waals surface area contributed by atoms with Crippen LogP contribution >= 0.6 is 0 Å². The Morgan fingerprint density at radius 3 is 2.82 bits per heavy atom. The first-order valence-electron chi connectivity index (χ1n) is 5.42. The topological polar surface area (TPSA) is 78.9 Å². The highest BCUT2D eigenvalue weighted by molar-refractivity contribution is 5.83. The summed E-state index contributed by atoms with van der Waals surface area (Å²) in [6.07, 6.45) is 6.50. The molecule has 2 aromatic rings. The van der Waals surface area contributed by atoms with Crippen LogP contribution < -0.4 is 0 Å². The van der Waals surface area contributed by atoms with Gasteiger partial charge in [0.15, 0.2) is 0 Å². The fourth-order valence-electron chi connectivity index (χ4n) is 1.89. The monoisotopic (exact) mass is 229 g/mol. The van der Waals surface area contributed by atoms with Gasteiger partial charge in [-0.2, -0.15) is 0 Å². The summed E-state index contributed by atoms with van der Waals surface area (Å²) in [6.45, 7) is 0. The second-order valence-electron chi connectivity index (χ2n) is 4.25. The lowest BCUT2D eigenvalue weighted by molar-refractivity contribution is -0.140. The van der Waals surface area contributed by atoms with Crippen molar-refractivity contribution < 1.29 is 9.90 Å². The third-order valence-corrected chi connectivity index (χ3v) is 3.14. The van der Waals surface area contributed by atoms with Crippen LogP contribution in [0, 0.1) is 0 Å². The molecule has 0 aliphatic heterocycles. The summed E-state index contributed by atoms with van der Waals surface area (Å²) in [6, 6.07) is 3.68. The molecule has 2 N–H and O–H groups in total. The molecule has 86 valence electrons. The van der Waals surface area contributed by atoms with Crippen molar-refractivity contribution in [2.75, 3.05) is 0 Å². The van der Waals surface area contributed by atoms with Gasteiger partial charge in [0.05, 0.1) is 5.69 Å². The molecule has 5 heteroatoms. The van der Waals surface area contributed by atoms with E-state index in [1.165, 1.54) is 0 Å². The minimum atomic E-state index is -0.841. The van der Waals surface area contributed by atoms with Crippen LogP contribution in [0.2, 0.25) is 0 Å². The van der Waals surface area contributed by atoms with Gasteiger partial charge in [0.1, 0.15) is 11.2 Å². The van der Waals surface area contributed by atoms with E-state index in [9.17, 15) is 9.90 Å². The number of carbonyl (C=O) groups is 1. The van der Waals surface area contributed by atoms with Gasteiger partial charge in [0.2, 0.25) is 0 Å². The summed E-state index contributed by atoms with van der Waals surface area (Å²) < 4.78 is 0. The van der Waals surface area contributed by atoms with Gasteiger partial charge in [-0.1, -0.05) is 0 Å². The number of carboxylic acids is 1. The zero-order valence-corrected chi connectivity index (χ0v) is 9.05. The molecular formula is C12H11N3O2. The smallest absolute Gasteiger partial charge is 0.317 e. The van der Waals surface area contributed by atoms with Crippen LogP contribution in [0.5, 0.6) is 0 Å². The summed E-state index contributed by atoms with van der Waals surface area (Å²) in [4.78, 5) is 22.6. The van der Waals surface area contributed by atoms with Crippen LogP contribution in [0.3, 0.4) is 0 Å². The second kappa shape index (κ2) is 3.41.